The van der Waals surface area contributed by atoms with Crippen LogP contribution in [0.2, 0.25) is 0 Å². The molecule has 0 aliphatic rings. The van der Waals surface area contributed by atoms with Crippen LogP contribution >= 0.6 is 7.82 Å². The van der Waals surface area contributed by atoms with Crippen LogP contribution in [-0.4, -0.2) is 68.5 Å². The number of rotatable bonds is 51. The quantitative estimate of drug-likeness (QED) is 0.0272. The Balaban J connectivity index is 4.12. The summed E-state index contributed by atoms with van der Waals surface area (Å²) >= 11 is 0. The maximum atomic E-state index is 12.9. The number of allylic oxidation sites excluding steroid dienone is 17. The molecule has 0 heterocycles. The summed E-state index contributed by atoms with van der Waals surface area (Å²) in [6.45, 7) is 4.50. The second-order valence-corrected chi connectivity index (χ2v) is 21.7. The number of aliphatic hydroxyl groups excluding tert-OH is 1. The lowest BCUT2D eigenvalue weighted by molar-refractivity contribution is -0.870. The van der Waals surface area contributed by atoms with Crippen molar-refractivity contribution in [2.45, 2.75) is 238 Å². The molecule has 0 rings (SSSR count). The van der Waals surface area contributed by atoms with E-state index in [-0.39, 0.29) is 12.5 Å². The van der Waals surface area contributed by atoms with Gasteiger partial charge in [-0.2, -0.15) is 0 Å². The molecule has 8 nitrogen and oxygen atoms in total. The van der Waals surface area contributed by atoms with E-state index >= 15 is 0 Å². The molecule has 0 radical (unpaired) electrons. The highest BCUT2D eigenvalue weighted by Crippen LogP contribution is 2.38. The SMILES string of the molecule is CC/C=C\C/C=C\C/C=C\C/C=C\C/C=C\C/C=C\C/C=C\CCCCCCCCCCCCCCCC(=O)NC(COP(=O)([O-])OCC[N+](C)(C)C)C(O)/C=C/CC/C=C/CCCCCCCCCC. The third kappa shape index (κ3) is 54.8. The topological polar surface area (TPSA) is 108 Å². The standard InChI is InChI=1S/C62H109N2O6P/c1-6-8-10-12-14-16-18-20-22-23-24-25-26-27-28-29-30-31-32-33-34-35-36-37-38-39-40-41-42-44-46-48-50-52-54-56-62(66)63-60(59-70-71(67,68)69-58-57-64(3,4)5)61(65)55-53-51-49-47-45-43-21-19-17-15-13-11-9-7-2/h8,10,14,16,20,22,24-25,27-28,30-31,33-34,45,47,53,55,60-61,65H,6-7,9,11-13,15,17-19,21,23,26,29,32,35-44,46,48-52,54,56-59H2,1-5H3,(H-,63,66,67,68)/b10-8-,16-14-,22-20-,25-24-,28-27-,31-30-,34-33-,47-45+,55-53+. The molecular formula is C62H109N2O6P. The molecule has 3 unspecified atom stereocenters. The number of likely N-dealkylation sites (N-methyl/N-ethyl adjacent to an activating group) is 1. The average molecular weight is 1010 g/mol. The van der Waals surface area contributed by atoms with Gasteiger partial charge in [-0.25, -0.2) is 0 Å². The number of amides is 1. The highest BCUT2D eigenvalue weighted by molar-refractivity contribution is 7.45. The van der Waals surface area contributed by atoms with E-state index in [0.717, 1.165) is 83.5 Å². The van der Waals surface area contributed by atoms with Crippen LogP contribution in [-0.2, 0) is 18.4 Å². The van der Waals surface area contributed by atoms with Crippen LogP contribution < -0.4 is 10.2 Å². The minimum absolute atomic E-state index is 0.0108. The van der Waals surface area contributed by atoms with Gasteiger partial charge >= 0.3 is 0 Å². The van der Waals surface area contributed by atoms with Gasteiger partial charge in [-0.3, -0.25) is 9.36 Å². The number of quaternary nitrogens is 1. The molecule has 408 valence electrons. The minimum atomic E-state index is -4.61. The number of phosphoric acid groups is 1. The van der Waals surface area contributed by atoms with Crippen LogP contribution in [0.4, 0.5) is 0 Å². The number of nitrogens with one attached hydrogen (secondary N) is 1. The highest BCUT2D eigenvalue weighted by atomic mass is 31.2. The zero-order valence-electron chi connectivity index (χ0n) is 46.4. The van der Waals surface area contributed by atoms with Gasteiger partial charge in [-0.1, -0.05) is 239 Å². The zero-order chi connectivity index (χ0) is 52.0. The lowest BCUT2D eigenvalue weighted by atomic mass is 10.0. The normalized spacial score (nSPS) is 14.7. The summed E-state index contributed by atoms with van der Waals surface area (Å²) in [7, 11) is 1.23. The molecule has 0 aliphatic heterocycles. The lowest BCUT2D eigenvalue weighted by Gasteiger charge is -2.29. The third-order valence-electron chi connectivity index (χ3n) is 12.2. The van der Waals surface area contributed by atoms with Gasteiger partial charge in [0, 0.05) is 6.42 Å². The molecule has 0 fully saturated rings. The van der Waals surface area contributed by atoms with Gasteiger partial charge in [-0.15, -0.1) is 0 Å². The Hall–Kier alpha value is -2.84. The van der Waals surface area contributed by atoms with Gasteiger partial charge in [-0.05, 0) is 89.9 Å². The van der Waals surface area contributed by atoms with Gasteiger partial charge in [0.1, 0.15) is 13.2 Å². The van der Waals surface area contributed by atoms with Crippen molar-refractivity contribution in [2.75, 3.05) is 40.9 Å². The molecule has 0 saturated carbocycles. The number of carbonyl (C=O) groups excluding carboxylic acids is 1. The fourth-order valence-corrected chi connectivity index (χ4v) is 8.46. The molecule has 0 aromatic heterocycles. The van der Waals surface area contributed by atoms with Gasteiger partial charge in [0.05, 0.1) is 39.9 Å². The summed E-state index contributed by atoms with van der Waals surface area (Å²) in [5.41, 5.74) is 0. The van der Waals surface area contributed by atoms with E-state index in [0.29, 0.717) is 17.4 Å². The molecule has 0 aliphatic carbocycles. The molecule has 0 bridgehead atoms. The summed E-state index contributed by atoms with van der Waals surface area (Å²) in [5, 5.41) is 13.8. The fourth-order valence-electron chi connectivity index (χ4n) is 7.74. The predicted octanol–water partition coefficient (Wildman–Crippen LogP) is 17.0. The Labute approximate surface area is 438 Å². The predicted molar refractivity (Wildman–Crippen MR) is 306 cm³/mol. The Morgan fingerprint density at radius 1 is 0.507 bits per heavy atom. The first-order valence-electron chi connectivity index (χ1n) is 28.7. The van der Waals surface area contributed by atoms with E-state index in [4.69, 9.17) is 9.05 Å². The monoisotopic (exact) mass is 1010 g/mol. The number of phosphoric ester groups is 1. The summed E-state index contributed by atoms with van der Waals surface area (Å²) in [6, 6.07) is -0.909. The number of carbonyl (C=O) groups is 1. The van der Waals surface area contributed by atoms with Crippen molar-refractivity contribution in [2.24, 2.45) is 0 Å². The molecule has 71 heavy (non-hydrogen) atoms. The largest absolute Gasteiger partial charge is 0.756 e. The van der Waals surface area contributed by atoms with Crippen molar-refractivity contribution in [3.05, 3.63) is 109 Å². The van der Waals surface area contributed by atoms with Gasteiger partial charge in [0.15, 0.2) is 0 Å². The summed E-state index contributed by atoms with van der Waals surface area (Å²) < 4.78 is 23.3. The van der Waals surface area contributed by atoms with Gasteiger partial charge < -0.3 is 28.8 Å². The molecule has 0 aromatic rings. The van der Waals surface area contributed by atoms with Crippen molar-refractivity contribution < 1.29 is 32.9 Å². The van der Waals surface area contributed by atoms with Crippen molar-refractivity contribution >= 4 is 13.7 Å². The van der Waals surface area contributed by atoms with E-state index in [1.807, 2.05) is 27.2 Å². The Morgan fingerprint density at radius 3 is 1.31 bits per heavy atom. The van der Waals surface area contributed by atoms with Crippen LogP contribution in [0.5, 0.6) is 0 Å². The molecule has 3 atom stereocenters. The average Bonchev–Trinajstić information content (AvgIpc) is 3.33. The Morgan fingerprint density at radius 2 is 0.873 bits per heavy atom. The molecule has 0 saturated heterocycles. The molecule has 9 heteroatoms. The molecule has 2 N–H and O–H groups in total. The number of hydrogen-bond acceptors (Lipinski definition) is 6. The summed E-state index contributed by atoms with van der Waals surface area (Å²) in [4.78, 5) is 25.4. The van der Waals surface area contributed by atoms with Gasteiger partial charge in [0.25, 0.3) is 7.82 Å². The van der Waals surface area contributed by atoms with Gasteiger partial charge in [0.2, 0.25) is 5.91 Å². The minimum Gasteiger partial charge on any atom is -0.756 e. The number of unbranched alkanes of at least 4 members (excludes halogenated alkanes) is 22. The van der Waals surface area contributed by atoms with E-state index in [1.54, 1.807) is 6.08 Å². The van der Waals surface area contributed by atoms with Crippen molar-refractivity contribution in [3.63, 3.8) is 0 Å². The fraction of sp³-hybridized carbons (Fsp3) is 0.694. The molecule has 0 aromatic carbocycles. The van der Waals surface area contributed by atoms with Crippen LogP contribution in [0.25, 0.3) is 0 Å². The van der Waals surface area contributed by atoms with E-state index < -0.39 is 26.6 Å². The Bertz CT molecular complexity index is 1520. The summed E-state index contributed by atoms with van der Waals surface area (Å²) in [6.07, 6.45) is 76.0. The first-order valence-corrected chi connectivity index (χ1v) is 30.2. The molecular weight excluding hydrogens is 900 g/mol. The smallest absolute Gasteiger partial charge is 0.268 e. The second-order valence-electron chi connectivity index (χ2n) is 20.3. The first kappa shape index (κ1) is 68.2. The number of hydrogen-bond donors (Lipinski definition) is 2. The van der Waals surface area contributed by atoms with Crippen LogP contribution in [0.1, 0.15) is 226 Å². The first-order chi connectivity index (χ1) is 34.5. The Kier molecular flexibility index (Phi) is 50.0. The molecule has 1 amide bonds. The lowest BCUT2D eigenvalue weighted by Crippen LogP contribution is -2.45. The molecule has 0 spiro atoms. The van der Waals surface area contributed by atoms with Crippen molar-refractivity contribution in [1.29, 1.82) is 0 Å². The van der Waals surface area contributed by atoms with Crippen LogP contribution in [0.15, 0.2) is 109 Å². The zero-order valence-corrected chi connectivity index (χ0v) is 47.3. The third-order valence-corrected chi connectivity index (χ3v) is 13.2. The second kappa shape index (κ2) is 52.0. The van der Waals surface area contributed by atoms with E-state index in [2.05, 4.69) is 116 Å². The van der Waals surface area contributed by atoms with Crippen molar-refractivity contribution in [1.82, 2.24) is 5.32 Å². The number of aliphatic hydroxyl groups is 1. The van der Waals surface area contributed by atoms with Crippen molar-refractivity contribution in [3.8, 4) is 0 Å². The maximum absolute atomic E-state index is 12.9. The van der Waals surface area contributed by atoms with E-state index in [1.165, 1.54) is 122 Å². The van der Waals surface area contributed by atoms with Crippen LogP contribution in [0.3, 0.4) is 0 Å². The number of nitrogens with zero attached hydrogens (tertiary/aromatic N) is 1. The van der Waals surface area contributed by atoms with Crippen LogP contribution in [0, 0.1) is 0 Å². The van der Waals surface area contributed by atoms with E-state index in [9.17, 15) is 19.4 Å². The highest BCUT2D eigenvalue weighted by Gasteiger charge is 2.23. The maximum Gasteiger partial charge on any atom is 0.268 e. The summed E-state index contributed by atoms with van der Waals surface area (Å²) in [5.74, 6) is -0.213.